The highest BCUT2D eigenvalue weighted by Gasteiger charge is 2.22. The van der Waals surface area contributed by atoms with Gasteiger partial charge in [0.15, 0.2) is 5.58 Å². The average molecular weight is 387 g/mol. The molecule has 0 aliphatic carbocycles. The quantitative estimate of drug-likeness (QED) is 0.712. The summed E-state index contributed by atoms with van der Waals surface area (Å²) in [5.74, 6) is -0.636. The number of oxazole rings is 1. The number of fused-ring (bicyclic) bond motifs is 2. The van der Waals surface area contributed by atoms with Gasteiger partial charge in [-0.05, 0) is 41.8 Å². The summed E-state index contributed by atoms with van der Waals surface area (Å²) >= 11 is 0. The molecular formula is C18H17N3O5S. The zero-order chi connectivity index (χ0) is 19.2. The average Bonchev–Trinajstić information content (AvgIpc) is 2.99. The summed E-state index contributed by atoms with van der Waals surface area (Å²) in [6.45, 7) is 2.53. The largest absolute Gasteiger partial charge is 0.417 e. The van der Waals surface area contributed by atoms with Crippen molar-refractivity contribution in [1.82, 2.24) is 9.88 Å². The Labute approximate surface area is 154 Å². The summed E-state index contributed by atoms with van der Waals surface area (Å²) in [5.41, 5.74) is 2.91. The zero-order valence-corrected chi connectivity index (χ0v) is 15.3. The lowest BCUT2D eigenvalue weighted by Crippen LogP contribution is -2.34. The van der Waals surface area contributed by atoms with Crippen LogP contribution in [-0.2, 0) is 27.8 Å². The Morgan fingerprint density at radius 1 is 1.19 bits per heavy atom. The molecule has 2 N–H and O–H groups in total. The molecule has 3 aromatic rings. The summed E-state index contributed by atoms with van der Waals surface area (Å²) in [5, 5.41) is 0. The van der Waals surface area contributed by atoms with Crippen molar-refractivity contribution in [2.45, 2.75) is 24.8 Å². The Balaban J connectivity index is 1.64. The second-order valence-electron chi connectivity index (χ2n) is 6.45. The highest BCUT2D eigenvalue weighted by atomic mass is 32.2. The number of H-pyrrole nitrogens is 1. The van der Waals surface area contributed by atoms with Gasteiger partial charge in [-0.1, -0.05) is 6.07 Å². The molecule has 0 fully saturated rings. The van der Waals surface area contributed by atoms with Crippen LogP contribution in [0.5, 0.6) is 0 Å². The maximum absolute atomic E-state index is 12.8. The van der Waals surface area contributed by atoms with E-state index in [9.17, 15) is 18.0 Å². The molecule has 4 rings (SSSR count). The van der Waals surface area contributed by atoms with E-state index in [0.29, 0.717) is 25.0 Å². The van der Waals surface area contributed by atoms with Crippen molar-refractivity contribution in [3.63, 3.8) is 0 Å². The molecule has 1 aromatic heterocycles. The van der Waals surface area contributed by atoms with E-state index in [0.717, 1.165) is 11.1 Å². The Kier molecular flexibility index (Phi) is 4.03. The molecule has 27 heavy (non-hydrogen) atoms. The van der Waals surface area contributed by atoms with Crippen LogP contribution >= 0.6 is 0 Å². The van der Waals surface area contributed by atoms with Crippen molar-refractivity contribution in [1.29, 1.82) is 0 Å². The van der Waals surface area contributed by atoms with E-state index in [1.807, 2.05) is 0 Å². The van der Waals surface area contributed by atoms with Gasteiger partial charge in [-0.2, -0.15) is 0 Å². The summed E-state index contributed by atoms with van der Waals surface area (Å²) in [7, 11) is -3.83. The molecule has 0 spiro atoms. The highest BCUT2D eigenvalue weighted by Crippen LogP contribution is 2.25. The van der Waals surface area contributed by atoms with Crippen LogP contribution < -0.4 is 10.5 Å². The number of carbonyl (C=O) groups is 1. The number of carbonyl (C=O) groups excluding carboxylic acids is 1. The van der Waals surface area contributed by atoms with E-state index in [2.05, 4.69) is 9.71 Å². The standard InChI is InChI=1S/C18H17N3O5S/c1-11(22)21-7-6-12-2-4-15(8-13(12)10-21)27(24,25)20-14-3-5-16-17(9-14)26-18(23)19-16/h2-5,8-9,20H,6-7,10H2,1H3,(H,19,23). The molecular weight excluding hydrogens is 370 g/mol. The van der Waals surface area contributed by atoms with Gasteiger partial charge in [0.2, 0.25) is 5.91 Å². The van der Waals surface area contributed by atoms with Crippen molar-refractivity contribution < 1.29 is 17.6 Å². The molecule has 0 saturated heterocycles. The van der Waals surface area contributed by atoms with Crippen molar-refractivity contribution in [3.05, 3.63) is 58.1 Å². The number of aromatic nitrogens is 1. The topological polar surface area (TPSA) is 112 Å². The maximum Gasteiger partial charge on any atom is 0.417 e. The fourth-order valence-corrected chi connectivity index (χ4v) is 4.29. The number of rotatable bonds is 3. The van der Waals surface area contributed by atoms with E-state index in [-0.39, 0.29) is 22.1 Å². The Bertz CT molecular complexity index is 1210. The second-order valence-corrected chi connectivity index (χ2v) is 8.13. The number of nitrogens with zero attached hydrogens (tertiary/aromatic N) is 1. The van der Waals surface area contributed by atoms with Crippen LogP contribution in [-0.4, -0.2) is 30.8 Å². The van der Waals surface area contributed by atoms with Gasteiger partial charge >= 0.3 is 5.76 Å². The van der Waals surface area contributed by atoms with Crippen LogP contribution in [0.3, 0.4) is 0 Å². The number of aromatic amines is 1. The number of sulfonamides is 1. The van der Waals surface area contributed by atoms with Crippen molar-refractivity contribution in [2.24, 2.45) is 0 Å². The summed E-state index contributed by atoms with van der Waals surface area (Å²) in [6.07, 6.45) is 0.700. The van der Waals surface area contributed by atoms with E-state index >= 15 is 0 Å². The number of hydrogen-bond donors (Lipinski definition) is 2. The van der Waals surface area contributed by atoms with E-state index < -0.39 is 15.8 Å². The van der Waals surface area contributed by atoms with Crippen LogP contribution in [0.25, 0.3) is 11.1 Å². The number of benzene rings is 2. The van der Waals surface area contributed by atoms with Gasteiger partial charge in [-0.15, -0.1) is 0 Å². The van der Waals surface area contributed by atoms with Gasteiger partial charge < -0.3 is 9.32 Å². The Morgan fingerprint density at radius 2 is 2.00 bits per heavy atom. The van der Waals surface area contributed by atoms with Crippen LogP contribution in [0.4, 0.5) is 5.69 Å². The highest BCUT2D eigenvalue weighted by molar-refractivity contribution is 7.92. The second kappa shape index (κ2) is 6.27. The predicted molar refractivity (Wildman–Crippen MR) is 98.9 cm³/mol. The van der Waals surface area contributed by atoms with Gasteiger partial charge in [0.25, 0.3) is 10.0 Å². The summed E-state index contributed by atoms with van der Waals surface area (Å²) in [4.78, 5) is 27.1. The number of amides is 1. The first-order chi connectivity index (χ1) is 12.8. The smallest absolute Gasteiger partial charge is 0.408 e. The lowest BCUT2D eigenvalue weighted by Gasteiger charge is -2.28. The molecule has 8 nitrogen and oxygen atoms in total. The molecule has 9 heteroatoms. The first-order valence-electron chi connectivity index (χ1n) is 8.35. The van der Waals surface area contributed by atoms with Gasteiger partial charge in [-0.25, -0.2) is 13.2 Å². The van der Waals surface area contributed by atoms with Gasteiger partial charge in [0, 0.05) is 26.1 Å². The van der Waals surface area contributed by atoms with Crippen molar-refractivity contribution in [3.8, 4) is 0 Å². The van der Waals surface area contributed by atoms with Gasteiger partial charge in [0.05, 0.1) is 16.1 Å². The maximum atomic E-state index is 12.8. The normalized spacial score (nSPS) is 14.2. The molecule has 1 aliphatic heterocycles. The third-order valence-corrected chi connectivity index (χ3v) is 6.00. The van der Waals surface area contributed by atoms with Crippen molar-refractivity contribution in [2.75, 3.05) is 11.3 Å². The fraction of sp³-hybridized carbons (Fsp3) is 0.222. The van der Waals surface area contributed by atoms with Gasteiger partial charge in [0.1, 0.15) is 0 Å². The number of anilines is 1. The summed E-state index contributed by atoms with van der Waals surface area (Å²) in [6, 6.07) is 9.49. The molecule has 2 heterocycles. The van der Waals surface area contributed by atoms with Crippen molar-refractivity contribution >= 4 is 32.7 Å². The monoisotopic (exact) mass is 387 g/mol. The molecule has 0 bridgehead atoms. The first kappa shape index (κ1) is 17.3. The minimum absolute atomic E-state index is 0.0340. The van der Waals surface area contributed by atoms with Crippen LogP contribution in [0, 0.1) is 0 Å². The fourth-order valence-electron chi connectivity index (χ4n) is 3.19. The third kappa shape index (κ3) is 3.33. The van der Waals surface area contributed by atoms with Crippen LogP contribution in [0.1, 0.15) is 18.1 Å². The van der Waals surface area contributed by atoms with Crippen LogP contribution in [0.2, 0.25) is 0 Å². The third-order valence-electron chi connectivity index (χ3n) is 4.62. The molecule has 0 unspecified atom stereocenters. The summed E-state index contributed by atoms with van der Waals surface area (Å²) < 4.78 is 33.0. The van der Waals surface area contributed by atoms with E-state index in [1.54, 1.807) is 35.2 Å². The number of nitrogens with one attached hydrogen (secondary N) is 2. The molecule has 2 aromatic carbocycles. The molecule has 140 valence electrons. The molecule has 0 radical (unpaired) electrons. The lowest BCUT2D eigenvalue weighted by atomic mass is 10.00. The minimum atomic E-state index is -3.83. The first-order valence-corrected chi connectivity index (χ1v) is 9.83. The Morgan fingerprint density at radius 3 is 2.78 bits per heavy atom. The molecule has 1 aliphatic rings. The minimum Gasteiger partial charge on any atom is -0.408 e. The molecule has 1 amide bonds. The SMILES string of the molecule is CC(=O)N1CCc2ccc(S(=O)(=O)Nc3ccc4[nH]c(=O)oc4c3)cc2C1. The molecule has 0 atom stereocenters. The number of hydrogen-bond acceptors (Lipinski definition) is 5. The lowest BCUT2D eigenvalue weighted by molar-refractivity contribution is -0.129. The molecule has 0 saturated carbocycles. The predicted octanol–water partition coefficient (Wildman–Crippen LogP) is 1.83. The van der Waals surface area contributed by atoms with E-state index in [1.165, 1.54) is 13.0 Å². The zero-order valence-electron chi connectivity index (χ0n) is 14.5. The Hall–Kier alpha value is -3.07. The van der Waals surface area contributed by atoms with E-state index in [4.69, 9.17) is 4.42 Å². The van der Waals surface area contributed by atoms with Crippen LogP contribution in [0.15, 0.2) is 50.5 Å². The van der Waals surface area contributed by atoms with Gasteiger partial charge in [-0.3, -0.25) is 14.5 Å².